The Morgan fingerprint density at radius 2 is 1.77 bits per heavy atom. The lowest BCUT2D eigenvalue weighted by Crippen LogP contribution is -2.17. The lowest BCUT2D eigenvalue weighted by atomic mass is 10.3. The lowest BCUT2D eigenvalue weighted by Gasteiger charge is -2.09. The molecule has 1 heterocycles. The molecule has 0 spiro atoms. The first-order valence-electron chi connectivity index (χ1n) is 6.46. The fourth-order valence-corrected chi connectivity index (χ4v) is 3.07. The fourth-order valence-electron chi connectivity index (χ4n) is 1.66. The molecule has 0 atom stereocenters. The minimum atomic E-state index is -3.38. The predicted molar refractivity (Wildman–Crippen MR) is 89.5 cm³/mol. The van der Waals surface area contributed by atoms with Gasteiger partial charge in [0.2, 0.25) is 10.0 Å². The summed E-state index contributed by atoms with van der Waals surface area (Å²) in [6.07, 6.45) is 0.523. The predicted octanol–water partition coefficient (Wildman–Crippen LogP) is 3.68. The third-order valence-electron chi connectivity index (χ3n) is 2.59. The van der Waals surface area contributed by atoms with E-state index in [1.165, 1.54) is 6.07 Å². The third kappa shape index (κ3) is 4.72. The zero-order valence-electron chi connectivity index (χ0n) is 11.7. The summed E-state index contributed by atoms with van der Waals surface area (Å²) < 4.78 is 25.6. The van der Waals surface area contributed by atoms with E-state index in [2.05, 4.69) is 20.2 Å². The molecule has 0 fully saturated rings. The van der Waals surface area contributed by atoms with Crippen molar-refractivity contribution in [2.75, 3.05) is 15.8 Å². The van der Waals surface area contributed by atoms with E-state index >= 15 is 0 Å². The monoisotopic (exact) mass is 360 g/mol. The molecule has 1 aromatic heterocycles. The molecular formula is C13H14Cl2N4O2S. The van der Waals surface area contributed by atoms with E-state index in [4.69, 9.17) is 23.2 Å². The second-order valence-electron chi connectivity index (χ2n) is 4.47. The highest BCUT2D eigenvalue weighted by Gasteiger charge is 2.10. The summed E-state index contributed by atoms with van der Waals surface area (Å²) in [6.45, 7) is 1.78. The summed E-state index contributed by atoms with van der Waals surface area (Å²) in [5.41, 5.74) is 0.586. The van der Waals surface area contributed by atoms with Crippen molar-refractivity contribution in [3.63, 3.8) is 0 Å². The zero-order valence-corrected chi connectivity index (χ0v) is 14.0. The summed E-state index contributed by atoms with van der Waals surface area (Å²) in [5, 5.41) is 11.7. The van der Waals surface area contributed by atoms with Crippen molar-refractivity contribution in [2.45, 2.75) is 13.3 Å². The Hall–Kier alpha value is -1.57. The Kier molecular flexibility index (Phi) is 5.44. The fraction of sp³-hybridized carbons (Fsp3) is 0.231. The molecule has 0 aliphatic heterocycles. The second-order valence-corrected chi connectivity index (χ2v) is 7.16. The molecule has 2 N–H and O–H groups in total. The van der Waals surface area contributed by atoms with Crippen LogP contribution in [0.4, 0.5) is 17.3 Å². The molecule has 2 rings (SSSR count). The molecule has 0 saturated carbocycles. The van der Waals surface area contributed by atoms with E-state index in [1.54, 1.807) is 31.2 Å². The van der Waals surface area contributed by atoms with Crippen LogP contribution in [-0.2, 0) is 10.0 Å². The van der Waals surface area contributed by atoms with Crippen LogP contribution in [0, 0.1) is 0 Å². The first-order chi connectivity index (χ1) is 10.4. The van der Waals surface area contributed by atoms with Gasteiger partial charge in [0.05, 0.1) is 16.5 Å². The van der Waals surface area contributed by atoms with E-state index in [0.29, 0.717) is 28.0 Å². The molecular weight excluding hydrogens is 347 g/mol. The zero-order chi connectivity index (χ0) is 16.2. The van der Waals surface area contributed by atoms with Crippen LogP contribution >= 0.6 is 23.2 Å². The Bertz CT molecular complexity index is 751. The van der Waals surface area contributed by atoms with Gasteiger partial charge in [0.1, 0.15) is 0 Å². The van der Waals surface area contributed by atoms with Gasteiger partial charge in [-0.05, 0) is 36.8 Å². The van der Waals surface area contributed by atoms with Crippen LogP contribution in [0.25, 0.3) is 0 Å². The van der Waals surface area contributed by atoms with E-state index < -0.39 is 10.0 Å². The van der Waals surface area contributed by atoms with Crippen molar-refractivity contribution < 1.29 is 8.42 Å². The van der Waals surface area contributed by atoms with Crippen molar-refractivity contribution in [2.24, 2.45) is 0 Å². The number of aromatic nitrogens is 2. The molecule has 0 amide bonds. The highest BCUT2D eigenvalue weighted by molar-refractivity contribution is 7.92. The van der Waals surface area contributed by atoms with Crippen molar-refractivity contribution in [3.8, 4) is 0 Å². The molecule has 0 aliphatic carbocycles. The molecule has 118 valence electrons. The van der Waals surface area contributed by atoms with Crippen LogP contribution in [0.15, 0.2) is 30.3 Å². The van der Waals surface area contributed by atoms with Crippen LogP contribution in [0.1, 0.15) is 13.3 Å². The molecule has 2 aromatic rings. The number of hydrogen-bond donors (Lipinski definition) is 2. The maximum Gasteiger partial charge on any atom is 0.233 e. The Morgan fingerprint density at radius 3 is 2.41 bits per heavy atom. The van der Waals surface area contributed by atoms with Gasteiger partial charge in [-0.25, -0.2) is 8.42 Å². The topological polar surface area (TPSA) is 84.0 Å². The van der Waals surface area contributed by atoms with Crippen molar-refractivity contribution in [3.05, 3.63) is 40.4 Å². The average Bonchev–Trinajstić information content (AvgIpc) is 2.44. The normalized spacial score (nSPS) is 11.2. The molecule has 0 bridgehead atoms. The van der Waals surface area contributed by atoms with Gasteiger partial charge in [-0.15, -0.1) is 10.2 Å². The number of halogens is 2. The minimum absolute atomic E-state index is 0.0345. The molecule has 0 radical (unpaired) electrons. The average molecular weight is 361 g/mol. The maximum absolute atomic E-state index is 11.6. The lowest BCUT2D eigenvalue weighted by molar-refractivity contribution is 0.599. The second kappa shape index (κ2) is 7.13. The van der Waals surface area contributed by atoms with E-state index in [0.717, 1.165) is 0 Å². The summed E-state index contributed by atoms with van der Waals surface area (Å²) >= 11 is 11.9. The highest BCUT2D eigenvalue weighted by Crippen LogP contribution is 2.27. The first kappa shape index (κ1) is 16.8. The summed E-state index contributed by atoms with van der Waals surface area (Å²) in [4.78, 5) is 0. The van der Waals surface area contributed by atoms with Gasteiger partial charge in [0, 0.05) is 5.02 Å². The molecule has 22 heavy (non-hydrogen) atoms. The van der Waals surface area contributed by atoms with Gasteiger partial charge in [0.15, 0.2) is 11.6 Å². The smallest absolute Gasteiger partial charge is 0.233 e. The van der Waals surface area contributed by atoms with Gasteiger partial charge in [-0.2, -0.15) is 0 Å². The van der Waals surface area contributed by atoms with Crippen LogP contribution in [0.2, 0.25) is 10.0 Å². The first-order valence-corrected chi connectivity index (χ1v) is 8.87. The molecule has 1 aromatic carbocycles. The van der Waals surface area contributed by atoms with Crippen LogP contribution in [0.5, 0.6) is 0 Å². The molecule has 0 aliphatic rings. The summed E-state index contributed by atoms with van der Waals surface area (Å²) in [7, 11) is -3.38. The number of nitrogens with zero attached hydrogens (tertiary/aromatic N) is 2. The third-order valence-corrected chi connectivity index (χ3v) is 4.62. The molecule has 0 saturated heterocycles. The Labute approximate surface area is 138 Å². The van der Waals surface area contributed by atoms with Gasteiger partial charge < -0.3 is 5.32 Å². The molecule has 6 nitrogen and oxygen atoms in total. The maximum atomic E-state index is 11.6. The largest absolute Gasteiger partial charge is 0.337 e. The quantitative estimate of drug-likeness (QED) is 0.820. The number of benzene rings is 1. The van der Waals surface area contributed by atoms with Gasteiger partial charge >= 0.3 is 0 Å². The van der Waals surface area contributed by atoms with Gasteiger partial charge in [0.25, 0.3) is 0 Å². The Balaban J connectivity index is 2.11. The number of nitrogens with one attached hydrogen (secondary N) is 2. The number of hydrogen-bond acceptors (Lipinski definition) is 5. The van der Waals surface area contributed by atoms with Gasteiger partial charge in [-0.3, -0.25) is 4.72 Å². The van der Waals surface area contributed by atoms with Crippen LogP contribution in [-0.4, -0.2) is 24.4 Å². The number of sulfonamides is 1. The number of rotatable bonds is 6. The van der Waals surface area contributed by atoms with Crippen LogP contribution in [0.3, 0.4) is 0 Å². The Morgan fingerprint density at radius 1 is 1.09 bits per heavy atom. The van der Waals surface area contributed by atoms with Crippen molar-refractivity contribution >= 4 is 50.5 Å². The van der Waals surface area contributed by atoms with Crippen molar-refractivity contribution in [1.82, 2.24) is 10.2 Å². The van der Waals surface area contributed by atoms with E-state index in [9.17, 15) is 8.42 Å². The van der Waals surface area contributed by atoms with Crippen molar-refractivity contribution in [1.29, 1.82) is 0 Å². The summed E-state index contributed by atoms with van der Waals surface area (Å²) in [6, 6.07) is 8.09. The molecule has 0 unspecified atom stereocenters. The van der Waals surface area contributed by atoms with E-state index in [1.807, 2.05) is 0 Å². The minimum Gasteiger partial charge on any atom is -0.337 e. The standard InChI is InChI=1S/C13H14Cl2N4O2S/c1-2-7-22(20,21)19-13-6-5-12(17-18-13)16-11-8-9(14)3-4-10(11)15/h3-6,8H,2,7H2,1H3,(H,16,17)(H,18,19). The summed E-state index contributed by atoms with van der Waals surface area (Å²) in [5.74, 6) is 0.617. The van der Waals surface area contributed by atoms with E-state index in [-0.39, 0.29) is 11.6 Å². The molecule has 9 heteroatoms. The van der Waals surface area contributed by atoms with Crippen LogP contribution < -0.4 is 10.0 Å². The van der Waals surface area contributed by atoms with Gasteiger partial charge in [-0.1, -0.05) is 30.1 Å². The number of anilines is 3. The highest BCUT2D eigenvalue weighted by atomic mass is 35.5. The SMILES string of the molecule is CCCS(=O)(=O)Nc1ccc(Nc2cc(Cl)ccc2Cl)nn1.